The van der Waals surface area contributed by atoms with Crippen molar-refractivity contribution in [3.63, 3.8) is 0 Å². The molecular formula is C24H36FN7O. The van der Waals surface area contributed by atoms with E-state index in [0.29, 0.717) is 41.5 Å². The monoisotopic (exact) mass is 457 g/mol. The highest BCUT2D eigenvalue weighted by Crippen LogP contribution is 2.26. The standard InChI is InChI=1S/C24H36FN7O/c1-33-21-13-12-19(14-20(21)25)29-24-31-22(27-15-16-8-10-17(26)11-9-16)30-23(32-24)28-18-6-4-2-3-5-7-18/h12-14,16-18H,2-11,15,26H2,1H3,(H3,27,28,29,30,31,32). The van der Waals surface area contributed by atoms with Crippen molar-refractivity contribution in [2.24, 2.45) is 11.7 Å². The van der Waals surface area contributed by atoms with Crippen LogP contribution in [0, 0.1) is 11.7 Å². The van der Waals surface area contributed by atoms with E-state index in [4.69, 9.17) is 10.5 Å². The Labute approximate surface area is 195 Å². The number of ether oxygens (including phenoxy) is 1. The Hall–Kier alpha value is -2.68. The lowest BCUT2D eigenvalue weighted by atomic mass is 9.86. The number of anilines is 4. The number of halogens is 1. The van der Waals surface area contributed by atoms with Crippen LogP contribution in [0.4, 0.5) is 27.9 Å². The second-order valence-electron chi connectivity index (χ2n) is 9.28. The van der Waals surface area contributed by atoms with Crippen LogP contribution in [0.3, 0.4) is 0 Å². The summed E-state index contributed by atoms with van der Waals surface area (Å²) in [6, 6.07) is 5.38. The van der Waals surface area contributed by atoms with Crippen LogP contribution in [-0.4, -0.2) is 40.7 Å². The van der Waals surface area contributed by atoms with E-state index in [0.717, 1.165) is 45.1 Å². The Balaban J connectivity index is 1.49. The van der Waals surface area contributed by atoms with Crippen molar-refractivity contribution >= 4 is 23.5 Å². The molecule has 1 aromatic heterocycles. The summed E-state index contributed by atoms with van der Waals surface area (Å²) < 4.78 is 19.2. The van der Waals surface area contributed by atoms with E-state index in [-0.39, 0.29) is 5.75 Å². The summed E-state index contributed by atoms with van der Waals surface area (Å²) in [6.45, 7) is 0.802. The van der Waals surface area contributed by atoms with Gasteiger partial charge in [0.1, 0.15) is 0 Å². The first kappa shape index (κ1) is 23.5. The summed E-state index contributed by atoms with van der Waals surface area (Å²) in [5.74, 6) is 1.75. The molecule has 0 spiro atoms. The van der Waals surface area contributed by atoms with Gasteiger partial charge in [0.05, 0.1) is 7.11 Å². The fourth-order valence-corrected chi connectivity index (χ4v) is 4.68. The van der Waals surface area contributed by atoms with Gasteiger partial charge in [0.2, 0.25) is 17.8 Å². The van der Waals surface area contributed by atoms with Crippen LogP contribution < -0.4 is 26.4 Å². The molecule has 8 nitrogen and oxygen atoms in total. The molecule has 0 unspecified atom stereocenters. The second-order valence-corrected chi connectivity index (χ2v) is 9.28. The average molecular weight is 458 g/mol. The smallest absolute Gasteiger partial charge is 0.233 e. The Morgan fingerprint density at radius 3 is 2.33 bits per heavy atom. The van der Waals surface area contributed by atoms with Crippen molar-refractivity contribution in [3.05, 3.63) is 24.0 Å². The van der Waals surface area contributed by atoms with E-state index in [1.807, 2.05) is 0 Å². The highest BCUT2D eigenvalue weighted by molar-refractivity contribution is 5.57. The number of rotatable bonds is 8. The molecule has 0 saturated heterocycles. The zero-order chi connectivity index (χ0) is 23.0. The number of benzene rings is 1. The van der Waals surface area contributed by atoms with Gasteiger partial charge in [0.15, 0.2) is 11.6 Å². The molecule has 0 bridgehead atoms. The van der Waals surface area contributed by atoms with Gasteiger partial charge in [-0.2, -0.15) is 15.0 Å². The number of aromatic nitrogens is 3. The van der Waals surface area contributed by atoms with Crippen LogP contribution >= 0.6 is 0 Å². The molecule has 5 N–H and O–H groups in total. The van der Waals surface area contributed by atoms with Crippen LogP contribution in [0.2, 0.25) is 0 Å². The molecule has 2 saturated carbocycles. The molecule has 1 aromatic carbocycles. The maximum Gasteiger partial charge on any atom is 0.233 e. The van der Waals surface area contributed by atoms with Gasteiger partial charge < -0.3 is 26.4 Å². The van der Waals surface area contributed by atoms with E-state index < -0.39 is 5.82 Å². The van der Waals surface area contributed by atoms with Crippen molar-refractivity contribution in [3.8, 4) is 5.75 Å². The highest BCUT2D eigenvalue weighted by Gasteiger charge is 2.19. The average Bonchev–Trinajstić information content (AvgIpc) is 3.07. The van der Waals surface area contributed by atoms with Crippen LogP contribution in [0.25, 0.3) is 0 Å². The molecule has 2 aliphatic carbocycles. The maximum absolute atomic E-state index is 14.2. The molecule has 2 aliphatic rings. The lowest BCUT2D eigenvalue weighted by Gasteiger charge is -2.26. The second kappa shape index (κ2) is 11.4. The summed E-state index contributed by atoms with van der Waals surface area (Å²) in [7, 11) is 1.45. The molecule has 0 aliphatic heterocycles. The first-order valence-corrected chi connectivity index (χ1v) is 12.2. The number of hydrogen-bond donors (Lipinski definition) is 4. The zero-order valence-corrected chi connectivity index (χ0v) is 19.4. The number of nitrogens with zero attached hydrogens (tertiary/aromatic N) is 3. The highest BCUT2D eigenvalue weighted by atomic mass is 19.1. The minimum absolute atomic E-state index is 0.196. The van der Waals surface area contributed by atoms with Gasteiger partial charge >= 0.3 is 0 Å². The molecule has 0 atom stereocenters. The number of methoxy groups -OCH3 is 1. The quantitative estimate of drug-likeness (QED) is 0.417. The molecule has 4 rings (SSSR count). The van der Waals surface area contributed by atoms with Gasteiger partial charge in [-0.3, -0.25) is 0 Å². The van der Waals surface area contributed by atoms with Gasteiger partial charge in [-0.15, -0.1) is 0 Å². The van der Waals surface area contributed by atoms with Crippen molar-refractivity contribution < 1.29 is 9.13 Å². The van der Waals surface area contributed by atoms with Crippen LogP contribution in [0.5, 0.6) is 5.75 Å². The Kier molecular flexibility index (Phi) is 8.15. The Bertz CT molecular complexity index is 896. The maximum atomic E-state index is 14.2. The minimum atomic E-state index is -0.442. The third kappa shape index (κ3) is 6.90. The lowest BCUT2D eigenvalue weighted by molar-refractivity contribution is 0.338. The van der Waals surface area contributed by atoms with Crippen LogP contribution in [0.15, 0.2) is 18.2 Å². The van der Waals surface area contributed by atoms with Crippen LogP contribution in [0.1, 0.15) is 64.2 Å². The molecule has 33 heavy (non-hydrogen) atoms. The predicted octanol–water partition coefficient (Wildman–Crippen LogP) is 4.83. The Morgan fingerprint density at radius 2 is 1.64 bits per heavy atom. The van der Waals surface area contributed by atoms with E-state index in [1.165, 1.54) is 38.9 Å². The topological polar surface area (TPSA) is 110 Å². The van der Waals surface area contributed by atoms with Gasteiger partial charge in [-0.1, -0.05) is 25.7 Å². The number of hydrogen-bond acceptors (Lipinski definition) is 8. The Morgan fingerprint density at radius 1 is 0.939 bits per heavy atom. The summed E-state index contributed by atoms with van der Waals surface area (Å²) >= 11 is 0. The third-order valence-electron chi connectivity index (χ3n) is 6.67. The fourth-order valence-electron chi connectivity index (χ4n) is 4.68. The molecule has 9 heteroatoms. The summed E-state index contributed by atoms with van der Waals surface area (Å²) in [5, 5.41) is 10.0. The minimum Gasteiger partial charge on any atom is -0.494 e. The van der Waals surface area contributed by atoms with E-state index in [2.05, 4.69) is 30.9 Å². The normalized spacial score (nSPS) is 21.8. The first-order chi connectivity index (χ1) is 16.1. The molecule has 180 valence electrons. The summed E-state index contributed by atoms with van der Waals surface area (Å²) in [6.07, 6.45) is 11.6. The first-order valence-electron chi connectivity index (χ1n) is 12.2. The molecule has 1 heterocycles. The van der Waals surface area contributed by atoms with Crippen molar-refractivity contribution in [2.75, 3.05) is 29.6 Å². The fraction of sp³-hybridized carbons (Fsp3) is 0.625. The third-order valence-corrected chi connectivity index (χ3v) is 6.67. The summed E-state index contributed by atoms with van der Waals surface area (Å²) in [5.41, 5.74) is 6.59. The zero-order valence-electron chi connectivity index (χ0n) is 19.4. The van der Waals surface area contributed by atoms with Gasteiger partial charge in [-0.25, -0.2) is 4.39 Å². The van der Waals surface area contributed by atoms with Gasteiger partial charge in [0, 0.05) is 30.4 Å². The molecule has 0 radical (unpaired) electrons. The van der Waals surface area contributed by atoms with Crippen molar-refractivity contribution in [2.45, 2.75) is 76.3 Å². The molecule has 2 aromatic rings. The van der Waals surface area contributed by atoms with E-state index in [9.17, 15) is 4.39 Å². The van der Waals surface area contributed by atoms with E-state index >= 15 is 0 Å². The number of nitrogens with one attached hydrogen (secondary N) is 3. The van der Waals surface area contributed by atoms with Gasteiger partial charge in [-0.05, 0) is 56.6 Å². The predicted molar refractivity (Wildman–Crippen MR) is 130 cm³/mol. The molecular weight excluding hydrogens is 421 g/mol. The van der Waals surface area contributed by atoms with Gasteiger partial charge in [0.25, 0.3) is 0 Å². The lowest BCUT2D eigenvalue weighted by Crippen LogP contribution is -2.29. The largest absolute Gasteiger partial charge is 0.494 e. The van der Waals surface area contributed by atoms with Crippen molar-refractivity contribution in [1.29, 1.82) is 0 Å². The number of nitrogens with two attached hydrogens (primary N) is 1. The molecule has 2 fully saturated rings. The van der Waals surface area contributed by atoms with Crippen molar-refractivity contribution in [1.82, 2.24) is 15.0 Å². The van der Waals surface area contributed by atoms with Crippen LogP contribution in [-0.2, 0) is 0 Å². The SMILES string of the molecule is COc1ccc(Nc2nc(NCC3CCC(N)CC3)nc(NC3CCCCCC3)n2)cc1F. The molecule has 0 amide bonds. The van der Waals surface area contributed by atoms with E-state index in [1.54, 1.807) is 12.1 Å². The summed E-state index contributed by atoms with van der Waals surface area (Å²) in [4.78, 5) is 13.8.